The number of nitrogens with one attached hydrogen (secondary N) is 1. The van der Waals surface area contributed by atoms with Crippen molar-refractivity contribution in [2.45, 2.75) is 18.5 Å². The number of imidazole rings is 1. The van der Waals surface area contributed by atoms with Gasteiger partial charge in [-0.1, -0.05) is 12.1 Å². The Morgan fingerprint density at radius 1 is 1.15 bits per heavy atom. The second-order valence-electron chi connectivity index (χ2n) is 7.27. The molecule has 0 spiro atoms. The van der Waals surface area contributed by atoms with E-state index < -0.39 is 33.2 Å². The first-order chi connectivity index (χ1) is 15.5. The Hall–Kier alpha value is -3.12. The summed E-state index contributed by atoms with van der Waals surface area (Å²) in [4.78, 5) is 17.1. The summed E-state index contributed by atoms with van der Waals surface area (Å²) < 4.78 is 74.9. The predicted octanol–water partition coefficient (Wildman–Crippen LogP) is 3.26. The number of alkyl halides is 3. The fourth-order valence-electron chi connectivity index (χ4n) is 3.14. The predicted molar refractivity (Wildman–Crippen MR) is 116 cm³/mol. The summed E-state index contributed by atoms with van der Waals surface area (Å²) in [5, 5.41) is 2.44. The molecule has 1 aromatic heterocycles. The molecular weight excluding hydrogens is 463 g/mol. The minimum atomic E-state index is -4.62. The third kappa shape index (κ3) is 6.45. The van der Waals surface area contributed by atoms with E-state index in [9.17, 15) is 26.4 Å². The zero-order valence-corrected chi connectivity index (χ0v) is 18.7. The van der Waals surface area contributed by atoms with E-state index in [1.54, 1.807) is 24.3 Å². The second kappa shape index (κ2) is 9.79. The van der Waals surface area contributed by atoms with Crippen molar-refractivity contribution in [3.05, 3.63) is 53.9 Å². The van der Waals surface area contributed by atoms with Gasteiger partial charge in [0.1, 0.15) is 30.5 Å². The topological polar surface area (TPSA) is 99.5 Å². The van der Waals surface area contributed by atoms with Gasteiger partial charge < -0.3 is 19.4 Å². The molecule has 3 rings (SSSR count). The number of ether oxygens (including phenoxy) is 2. The molecule has 1 N–H and O–H groups in total. The van der Waals surface area contributed by atoms with Crippen LogP contribution in [0.1, 0.15) is 11.4 Å². The molecule has 1 amide bonds. The lowest BCUT2D eigenvalue weighted by Gasteiger charge is -2.16. The van der Waals surface area contributed by atoms with Crippen molar-refractivity contribution in [2.24, 2.45) is 0 Å². The highest BCUT2D eigenvalue weighted by molar-refractivity contribution is 7.89. The molecule has 0 aliphatic carbocycles. The van der Waals surface area contributed by atoms with Crippen LogP contribution in [0.2, 0.25) is 0 Å². The number of sulfone groups is 1. The maximum Gasteiger partial charge on any atom is 0.416 e. The van der Waals surface area contributed by atoms with E-state index in [4.69, 9.17) is 9.47 Å². The molecule has 0 saturated carbocycles. The van der Waals surface area contributed by atoms with Crippen molar-refractivity contribution >= 4 is 32.5 Å². The number of aromatic nitrogens is 2. The molecule has 33 heavy (non-hydrogen) atoms. The molecule has 0 radical (unpaired) electrons. The SMILES string of the molecule is COCCOc1ccc(C(F)(F)F)cc1NC(=O)Cn1c(CS(C)(=O)=O)nc2ccccc21. The lowest BCUT2D eigenvalue weighted by Crippen LogP contribution is -2.22. The van der Waals surface area contributed by atoms with Gasteiger partial charge >= 0.3 is 6.18 Å². The average Bonchev–Trinajstić information content (AvgIpc) is 3.03. The lowest BCUT2D eigenvalue weighted by molar-refractivity contribution is -0.137. The van der Waals surface area contributed by atoms with Crippen molar-refractivity contribution in [1.82, 2.24) is 9.55 Å². The van der Waals surface area contributed by atoms with E-state index in [1.165, 1.54) is 11.7 Å². The van der Waals surface area contributed by atoms with Crippen molar-refractivity contribution in [3.8, 4) is 5.75 Å². The molecule has 2 aromatic carbocycles. The Kier molecular flexibility index (Phi) is 7.28. The molecule has 0 atom stereocenters. The van der Waals surface area contributed by atoms with Crippen LogP contribution in [0.4, 0.5) is 18.9 Å². The number of para-hydroxylation sites is 2. The molecule has 0 unspecified atom stereocenters. The van der Waals surface area contributed by atoms with Crippen molar-refractivity contribution in [1.29, 1.82) is 0 Å². The van der Waals surface area contributed by atoms with Crippen LogP contribution in [0.25, 0.3) is 11.0 Å². The van der Waals surface area contributed by atoms with E-state index in [2.05, 4.69) is 10.3 Å². The Morgan fingerprint density at radius 2 is 1.88 bits per heavy atom. The number of amides is 1. The first kappa shape index (κ1) is 24.5. The van der Waals surface area contributed by atoms with Gasteiger partial charge in [-0.3, -0.25) is 4.79 Å². The first-order valence-electron chi connectivity index (χ1n) is 9.72. The molecule has 12 heteroatoms. The zero-order valence-electron chi connectivity index (χ0n) is 17.8. The highest BCUT2D eigenvalue weighted by Crippen LogP contribution is 2.35. The van der Waals surface area contributed by atoms with Gasteiger partial charge in [-0.2, -0.15) is 13.2 Å². The van der Waals surface area contributed by atoms with Crippen LogP contribution >= 0.6 is 0 Å². The van der Waals surface area contributed by atoms with Crippen molar-refractivity contribution in [3.63, 3.8) is 0 Å². The second-order valence-corrected chi connectivity index (χ2v) is 9.41. The van der Waals surface area contributed by atoms with Crippen LogP contribution < -0.4 is 10.1 Å². The largest absolute Gasteiger partial charge is 0.489 e. The van der Waals surface area contributed by atoms with Crippen LogP contribution in [0.15, 0.2) is 42.5 Å². The van der Waals surface area contributed by atoms with E-state index in [0.717, 1.165) is 24.5 Å². The fraction of sp³-hybridized carbons (Fsp3) is 0.333. The average molecular weight is 485 g/mol. The zero-order chi connectivity index (χ0) is 24.2. The standard InChI is InChI=1S/C21H22F3N3O5S/c1-31-9-10-32-18-8-7-14(21(22,23)24)11-16(18)26-20(28)12-27-17-6-4-3-5-15(17)25-19(27)13-33(2,29)30/h3-8,11H,9-10,12-13H2,1-2H3,(H,26,28). The van der Waals surface area contributed by atoms with Gasteiger partial charge in [0.15, 0.2) is 9.84 Å². The van der Waals surface area contributed by atoms with E-state index in [1.807, 2.05) is 0 Å². The van der Waals surface area contributed by atoms with E-state index >= 15 is 0 Å². The minimum Gasteiger partial charge on any atom is -0.489 e. The number of carbonyl (C=O) groups excluding carboxylic acids is 1. The minimum absolute atomic E-state index is 0.0419. The molecular formula is C21H22F3N3O5S. The van der Waals surface area contributed by atoms with Gasteiger partial charge in [-0.25, -0.2) is 13.4 Å². The summed E-state index contributed by atoms with van der Waals surface area (Å²) >= 11 is 0. The molecule has 8 nitrogen and oxygen atoms in total. The van der Waals surface area contributed by atoms with Crippen LogP contribution in [0.5, 0.6) is 5.75 Å². The number of hydrogen-bond acceptors (Lipinski definition) is 6. The van der Waals surface area contributed by atoms with E-state index in [-0.39, 0.29) is 37.0 Å². The van der Waals surface area contributed by atoms with Gasteiger partial charge in [-0.05, 0) is 30.3 Å². The number of carbonyl (C=O) groups is 1. The Balaban J connectivity index is 1.91. The van der Waals surface area contributed by atoms with E-state index in [0.29, 0.717) is 11.0 Å². The number of halogens is 3. The summed E-state index contributed by atoms with van der Waals surface area (Å²) in [7, 11) is -2.01. The number of fused-ring (bicyclic) bond motifs is 1. The van der Waals surface area contributed by atoms with Crippen LogP contribution in [-0.4, -0.2) is 50.5 Å². The highest BCUT2D eigenvalue weighted by Gasteiger charge is 2.31. The third-order valence-corrected chi connectivity index (χ3v) is 5.34. The Morgan fingerprint density at radius 3 is 2.55 bits per heavy atom. The first-order valence-corrected chi connectivity index (χ1v) is 11.8. The van der Waals surface area contributed by atoms with Gasteiger partial charge in [0.25, 0.3) is 0 Å². The maximum absolute atomic E-state index is 13.2. The molecule has 0 aliphatic heterocycles. The molecule has 0 aliphatic rings. The highest BCUT2D eigenvalue weighted by atomic mass is 32.2. The molecule has 0 saturated heterocycles. The number of benzene rings is 2. The molecule has 1 heterocycles. The smallest absolute Gasteiger partial charge is 0.416 e. The normalized spacial score (nSPS) is 12.2. The number of methoxy groups -OCH3 is 1. The van der Waals surface area contributed by atoms with Crippen molar-refractivity contribution in [2.75, 3.05) is 31.9 Å². The van der Waals surface area contributed by atoms with Crippen LogP contribution in [0, 0.1) is 0 Å². The summed E-state index contributed by atoms with van der Waals surface area (Å²) in [6, 6.07) is 9.52. The van der Waals surface area contributed by atoms with Gasteiger partial charge in [0.05, 0.1) is 28.9 Å². The van der Waals surface area contributed by atoms with Gasteiger partial charge in [0, 0.05) is 13.4 Å². The summed E-state index contributed by atoms with van der Waals surface area (Å²) in [6.45, 7) is -0.0984. The van der Waals surface area contributed by atoms with Gasteiger partial charge in [0.2, 0.25) is 5.91 Å². The molecule has 178 valence electrons. The summed E-state index contributed by atoms with van der Waals surface area (Å²) in [5.74, 6) is -0.886. The summed E-state index contributed by atoms with van der Waals surface area (Å²) in [5.41, 5.74) is -0.110. The lowest BCUT2D eigenvalue weighted by atomic mass is 10.1. The third-order valence-electron chi connectivity index (χ3n) is 4.55. The van der Waals surface area contributed by atoms with Crippen molar-refractivity contribution < 1.29 is 35.9 Å². The fourth-order valence-corrected chi connectivity index (χ4v) is 3.83. The summed E-state index contributed by atoms with van der Waals surface area (Å²) in [6.07, 6.45) is -3.57. The van der Waals surface area contributed by atoms with Crippen LogP contribution in [0.3, 0.4) is 0 Å². The Labute approximate surface area is 188 Å². The molecule has 0 fully saturated rings. The number of rotatable bonds is 9. The monoisotopic (exact) mass is 485 g/mol. The number of anilines is 1. The number of nitrogens with zero attached hydrogens (tertiary/aromatic N) is 2. The van der Waals surface area contributed by atoms with Crippen LogP contribution in [-0.2, 0) is 37.8 Å². The molecule has 0 bridgehead atoms. The van der Waals surface area contributed by atoms with Gasteiger partial charge in [-0.15, -0.1) is 0 Å². The maximum atomic E-state index is 13.2. The quantitative estimate of drug-likeness (QED) is 0.467. The molecule has 3 aromatic rings. The Bertz CT molecular complexity index is 1260. The number of hydrogen-bond donors (Lipinski definition) is 1.